The molecule has 1 N–H and O–H groups in total. The summed E-state index contributed by atoms with van der Waals surface area (Å²) < 4.78 is 11.6. The Morgan fingerprint density at radius 3 is 2.94 bits per heavy atom. The van der Waals surface area contributed by atoms with E-state index in [1.54, 1.807) is 0 Å². The predicted octanol–water partition coefficient (Wildman–Crippen LogP) is 2.42. The van der Waals surface area contributed by atoms with Crippen molar-refractivity contribution in [2.24, 2.45) is 0 Å². The minimum absolute atomic E-state index is 0.158. The van der Waals surface area contributed by atoms with Gasteiger partial charge in [0.1, 0.15) is 5.75 Å². The second kappa shape index (κ2) is 5.71. The fourth-order valence-corrected chi connectivity index (χ4v) is 2.20. The Morgan fingerprint density at radius 2 is 2.33 bits per heavy atom. The van der Waals surface area contributed by atoms with E-state index >= 15 is 0 Å². The normalized spacial score (nSPS) is 20.6. The SMILES string of the molecule is CNC(C)c1ccc(Br)cc1OC1CCOC1=O. The molecule has 0 radical (unpaired) electrons. The summed E-state index contributed by atoms with van der Waals surface area (Å²) in [4.78, 5) is 11.4. The third kappa shape index (κ3) is 2.84. The molecule has 1 aromatic carbocycles. The highest BCUT2D eigenvalue weighted by atomic mass is 79.9. The van der Waals surface area contributed by atoms with E-state index in [0.29, 0.717) is 13.0 Å². The van der Waals surface area contributed by atoms with Gasteiger partial charge in [-0.3, -0.25) is 0 Å². The average Bonchev–Trinajstić information content (AvgIpc) is 2.74. The number of benzene rings is 1. The number of rotatable bonds is 4. The number of carbonyl (C=O) groups excluding carboxylic acids is 1. The topological polar surface area (TPSA) is 47.6 Å². The van der Waals surface area contributed by atoms with E-state index in [1.165, 1.54) is 0 Å². The van der Waals surface area contributed by atoms with Gasteiger partial charge in [0.25, 0.3) is 0 Å². The average molecular weight is 314 g/mol. The van der Waals surface area contributed by atoms with Gasteiger partial charge in [0.2, 0.25) is 0 Å². The van der Waals surface area contributed by atoms with Gasteiger partial charge >= 0.3 is 5.97 Å². The smallest absolute Gasteiger partial charge is 0.347 e. The lowest BCUT2D eigenvalue weighted by molar-refractivity contribution is -0.143. The molecule has 0 bridgehead atoms. The van der Waals surface area contributed by atoms with Gasteiger partial charge in [0, 0.05) is 22.5 Å². The zero-order chi connectivity index (χ0) is 13.1. The number of hydrogen-bond acceptors (Lipinski definition) is 4. The molecule has 4 nitrogen and oxygen atoms in total. The van der Waals surface area contributed by atoms with E-state index in [0.717, 1.165) is 15.8 Å². The van der Waals surface area contributed by atoms with Crippen LogP contribution in [0.4, 0.5) is 0 Å². The maximum absolute atomic E-state index is 11.4. The molecule has 0 aliphatic carbocycles. The molecule has 2 unspecified atom stereocenters. The third-order valence-electron chi connectivity index (χ3n) is 3.03. The van der Waals surface area contributed by atoms with Gasteiger partial charge < -0.3 is 14.8 Å². The molecule has 0 aromatic heterocycles. The van der Waals surface area contributed by atoms with Crippen molar-refractivity contribution in [2.75, 3.05) is 13.7 Å². The number of cyclic esters (lactones) is 1. The Labute approximate surface area is 115 Å². The summed E-state index contributed by atoms with van der Waals surface area (Å²) >= 11 is 3.42. The van der Waals surface area contributed by atoms with Crippen molar-refractivity contribution < 1.29 is 14.3 Å². The number of hydrogen-bond donors (Lipinski definition) is 1. The summed E-state index contributed by atoms with van der Waals surface area (Å²) in [6, 6.07) is 5.99. The molecular formula is C13H16BrNO3. The van der Waals surface area contributed by atoms with Crippen LogP contribution in [0.3, 0.4) is 0 Å². The number of carbonyl (C=O) groups is 1. The molecule has 98 valence electrons. The van der Waals surface area contributed by atoms with Crippen molar-refractivity contribution >= 4 is 21.9 Å². The molecule has 18 heavy (non-hydrogen) atoms. The molecular weight excluding hydrogens is 298 g/mol. The van der Waals surface area contributed by atoms with Gasteiger partial charge in [-0.2, -0.15) is 0 Å². The zero-order valence-corrected chi connectivity index (χ0v) is 12.0. The van der Waals surface area contributed by atoms with Crippen LogP contribution in [0.2, 0.25) is 0 Å². The molecule has 0 amide bonds. The van der Waals surface area contributed by atoms with E-state index in [1.807, 2.05) is 32.2 Å². The molecule has 1 heterocycles. The first-order valence-electron chi connectivity index (χ1n) is 5.92. The van der Waals surface area contributed by atoms with Crippen LogP contribution in [0.15, 0.2) is 22.7 Å². The Balaban J connectivity index is 2.24. The van der Waals surface area contributed by atoms with Gasteiger partial charge in [0.15, 0.2) is 6.10 Å². The quantitative estimate of drug-likeness (QED) is 0.867. The predicted molar refractivity (Wildman–Crippen MR) is 71.6 cm³/mol. The molecule has 1 aromatic rings. The summed E-state index contributed by atoms with van der Waals surface area (Å²) in [6.45, 7) is 2.48. The van der Waals surface area contributed by atoms with Crippen LogP contribution in [0.1, 0.15) is 24.9 Å². The summed E-state index contributed by atoms with van der Waals surface area (Å²) in [5.74, 6) is 0.438. The number of halogens is 1. The molecule has 1 aliphatic rings. The lowest BCUT2D eigenvalue weighted by atomic mass is 10.1. The van der Waals surface area contributed by atoms with E-state index in [9.17, 15) is 4.79 Å². The number of nitrogens with one attached hydrogen (secondary N) is 1. The minimum Gasteiger partial charge on any atom is -0.478 e. The maximum atomic E-state index is 11.4. The van der Waals surface area contributed by atoms with Crippen molar-refractivity contribution in [1.29, 1.82) is 0 Å². The second-order valence-electron chi connectivity index (χ2n) is 4.26. The summed E-state index contributed by atoms with van der Waals surface area (Å²) in [7, 11) is 1.89. The van der Waals surface area contributed by atoms with Crippen molar-refractivity contribution in [3.05, 3.63) is 28.2 Å². The van der Waals surface area contributed by atoms with Crippen LogP contribution in [0.25, 0.3) is 0 Å². The number of ether oxygens (including phenoxy) is 2. The van der Waals surface area contributed by atoms with Crippen molar-refractivity contribution in [1.82, 2.24) is 5.32 Å². The highest BCUT2D eigenvalue weighted by molar-refractivity contribution is 9.10. The van der Waals surface area contributed by atoms with E-state index in [2.05, 4.69) is 21.2 Å². The van der Waals surface area contributed by atoms with Crippen molar-refractivity contribution in [3.8, 4) is 5.75 Å². The lowest BCUT2D eigenvalue weighted by Gasteiger charge is -2.18. The second-order valence-corrected chi connectivity index (χ2v) is 5.17. The van der Waals surface area contributed by atoms with Crippen molar-refractivity contribution in [3.63, 3.8) is 0 Å². The molecule has 0 spiro atoms. The molecule has 0 saturated carbocycles. The van der Waals surface area contributed by atoms with E-state index < -0.39 is 6.10 Å². The first kappa shape index (κ1) is 13.4. The van der Waals surface area contributed by atoms with E-state index in [-0.39, 0.29) is 12.0 Å². The first-order valence-corrected chi connectivity index (χ1v) is 6.71. The molecule has 1 saturated heterocycles. The highest BCUT2D eigenvalue weighted by Crippen LogP contribution is 2.30. The van der Waals surface area contributed by atoms with Gasteiger partial charge in [-0.15, -0.1) is 0 Å². The van der Waals surface area contributed by atoms with Crippen LogP contribution >= 0.6 is 15.9 Å². The first-order chi connectivity index (χ1) is 8.61. The minimum atomic E-state index is -0.484. The third-order valence-corrected chi connectivity index (χ3v) is 3.52. The van der Waals surface area contributed by atoms with Crippen LogP contribution in [-0.4, -0.2) is 25.7 Å². The number of esters is 1. The van der Waals surface area contributed by atoms with E-state index in [4.69, 9.17) is 9.47 Å². The van der Waals surface area contributed by atoms with Crippen LogP contribution < -0.4 is 10.1 Å². The molecule has 2 rings (SSSR count). The molecule has 1 aliphatic heterocycles. The summed E-state index contributed by atoms with van der Waals surface area (Å²) in [5, 5.41) is 3.17. The maximum Gasteiger partial charge on any atom is 0.347 e. The Bertz CT molecular complexity index is 450. The zero-order valence-electron chi connectivity index (χ0n) is 10.4. The summed E-state index contributed by atoms with van der Waals surface area (Å²) in [6.07, 6.45) is 0.126. The molecule has 2 atom stereocenters. The van der Waals surface area contributed by atoms with Crippen LogP contribution in [0, 0.1) is 0 Å². The Morgan fingerprint density at radius 1 is 1.56 bits per heavy atom. The standard InChI is InChI=1S/C13H16BrNO3/c1-8(15-2)10-4-3-9(14)7-12(10)18-11-5-6-17-13(11)16/h3-4,7-8,11,15H,5-6H2,1-2H3. The molecule has 1 fully saturated rings. The van der Waals surface area contributed by atoms with Crippen LogP contribution in [-0.2, 0) is 9.53 Å². The highest BCUT2D eigenvalue weighted by Gasteiger charge is 2.29. The van der Waals surface area contributed by atoms with Crippen molar-refractivity contribution in [2.45, 2.75) is 25.5 Å². The fourth-order valence-electron chi connectivity index (χ4n) is 1.86. The fraction of sp³-hybridized carbons (Fsp3) is 0.462. The van der Waals surface area contributed by atoms with Gasteiger partial charge in [0.05, 0.1) is 6.61 Å². The largest absolute Gasteiger partial charge is 0.478 e. The summed E-state index contributed by atoms with van der Waals surface area (Å²) in [5.41, 5.74) is 1.03. The Kier molecular flexibility index (Phi) is 4.24. The molecule has 5 heteroatoms. The van der Waals surface area contributed by atoms with Gasteiger partial charge in [-0.05, 0) is 26.1 Å². The van der Waals surface area contributed by atoms with Gasteiger partial charge in [-0.25, -0.2) is 4.79 Å². The van der Waals surface area contributed by atoms with Crippen LogP contribution in [0.5, 0.6) is 5.75 Å². The lowest BCUT2D eigenvalue weighted by Crippen LogP contribution is -2.23. The Hall–Kier alpha value is -1.07. The van der Waals surface area contributed by atoms with Gasteiger partial charge in [-0.1, -0.05) is 22.0 Å². The monoisotopic (exact) mass is 313 g/mol.